The van der Waals surface area contributed by atoms with E-state index >= 15 is 0 Å². The Hall–Kier alpha value is -0.990. The summed E-state index contributed by atoms with van der Waals surface area (Å²) < 4.78 is 64.2. The summed E-state index contributed by atoms with van der Waals surface area (Å²) in [5, 5.41) is -2.28. The maximum Gasteiger partial charge on any atom is 0.470 e. The maximum absolute atomic E-state index is 10.7. The van der Waals surface area contributed by atoms with Crippen molar-refractivity contribution in [1.82, 2.24) is 0 Å². The summed E-state index contributed by atoms with van der Waals surface area (Å²) >= 11 is 3.99. The molecule has 0 bridgehead atoms. The van der Waals surface area contributed by atoms with Crippen LogP contribution in [0.15, 0.2) is 0 Å². The second kappa shape index (κ2) is 5.03. The van der Waals surface area contributed by atoms with Gasteiger partial charge in [0.2, 0.25) is 0 Å². The number of nitrogens with two attached hydrogens (primary N) is 1. The van der Waals surface area contributed by atoms with Gasteiger partial charge >= 0.3 is 23.5 Å². The minimum absolute atomic E-state index is 2.26. The molecule has 3 nitrogen and oxygen atoms in total. The molecule has 0 aliphatic heterocycles. The number of hydrogen-bond acceptors (Lipinski definition) is 2. The van der Waals surface area contributed by atoms with Crippen molar-refractivity contribution >= 4 is 22.8 Å². The van der Waals surface area contributed by atoms with E-state index in [1.54, 1.807) is 0 Å². The second-order valence-corrected chi connectivity index (χ2v) is 1.98. The van der Waals surface area contributed by atoms with Crippen LogP contribution in [0.3, 0.4) is 0 Å². The number of hydrogen-bond donors (Lipinski definition) is 1. The van der Waals surface area contributed by atoms with E-state index in [2.05, 4.69) is 17.3 Å². The molecule has 10 heteroatoms. The Kier molecular flexibility index (Phi) is 5.56. The van der Waals surface area contributed by atoms with Crippen molar-refractivity contribution in [3.63, 3.8) is 0 Å². The fourth-order valence-electron chi connectivity index (χ4n) is 0. The summed E-state index contributed by atoms with van der Waals surface area (Å²) in [5.74, 6) is -2.26. The normalized spacial score (nSPS) is 11.4. The van der Waals surface area contributed by atoms with Crippen molar-refractivity contribution in [3.8, 4) is 0 Å². The predicted molar refractivity (Wildman–Crippen MR) is 32.2 cm³/mol. The van der Waals surface area contributed by atoms with Gasteiger partial charge in [-0.15, -0.1) is 0 Å². The van der Waals surface area contributed by atoms with Gasteiger partial charge in [-0.3, -0.25) is 9.59 Å². The number of carbonyl (C=O) groups is 2. The minimum atomic E-state index is -4.87. The van der Waals surface area contributed by atoms with E-state index in [1.807, 2.05) is 0 Å². The molecule has 0 aliphatic carbocycles. The Bertz CT molecular complexity index is 197. The van der Waals surface area contributed by atoms with Crippen LogP contribution in [-0.4, -0.2) is 23.5 Å². The zero-order chi connectivity index (χ0) is 12.2. The second-order valence-electron chi connectivity index (χ2n) is 1.63. The predicted octanol–water partition coefficient (Wildman–Crippen LogP) is 1.35. The highest BCUT2D eigenvalue weighted by Crippen LogP contribution is 2.17. The molecule has 0 atom stereocenters. The van der Waals surface area contributed by atoms with Crippen molar-refractivity contribution in [1.29, 1.82) is 0 Å². The first-order valence-electron chi connectivity index (χ1n) is 2.52. The van der Waals surface area contributed by atoms with Crippen LogP contribution < -0.4 is 5.73 Å². The van der Waals surface area contributed by atoms with Gasteiger partial charge in [-0.2, -0.15) is 26.3 Å². The standard InChI is InChI=1S/C2ClF3O.C2H2F3NO/c3-1(7)2(4,5)6;3-2(4,5)1(6)7/h;(H2,6,7). The lowest BCUT2D eigenvalue weighted by Gasteiger charge is -1.95. The molecule has 0 aromatic heterocycles. The third kappa shape index (κ3) is 9.10. The average molecular weight is 246 g/mol. The van der Waals surface area contributed by atoms with E-state index in [9.17, 15) is 26.3 Å². The van der Waals surface area contributed by atoms with E-state index in [1.165, 1.54) is 0 Å². The van der Waals surface area contributed by atoms with Crippen LogP contribution in [0.4, 0.5) is 26.3 Å². The molecule has 2 N–H and O–H groups in total. The molecule has 0 rings (SSSR count). The zero-order valence-electron chi connectivity index (χ0n) is 6.04. The van der Waals surface area contributed by atoms with Gasteiger partial charge in [0.25, 0.3) is 0 Å². The third-order valence-electron chi connectivity index (χ3n) is 0.502. The Balaban J connectivity index is 0. The fraction of sp³-hybridized carbons (Fsp3) is 0.500. The Morgan fingerprint density at radius 3 is 1.07 bits per heavy atom. The highest BCUT2D eigenvalue weighted by atomic mass is 35.5. The van der Waals surface area contributed by atoms with Gasteiger partial charge in [0.1, 0.15) is 0 Å². The number of halogens is 7. The first kappa shape index (κ1) is 15.5. The topological polar surface area (TPSA) is 60.2 Å². The molecular formula is C4H2ClF6NO2. The largest absolute Gasteiger partial charge is 0.470 e. The molecule has 0 spiro atoms. The minimum Gasteiger partial charge on any atom is -0.362 e. The smallest absolute Gasteiger partial charge is 0.362 e. The molecule has 0 radical (unpaired) electrons. The molecule has 0 unspecified atom stereocenters. The molecule has 0 fully saturated rings. The van der Waals surface area contributed by atoms with Crippen LogP contribution in [0, 0.1) is 0 Å². The quantitative estimate of drug-likeness (QED) is 0.517. The number of rotatable bonds is 0. The van der Waals surface area contributed by atoms with Gasteiger partial charge in [-0.05, 0) is 11.6 Å². The first-order chi connectivity index (χ1) is 5.89. The molecule has 0 saturated carbocycles. The third-order valence-corrected chi connectivity index (χ3v) is 0.717. The summed E-state index contributed by atoms with van der Waals surface area (Å²) in [6.45, 7) is 0. The van der Waals surface area contributed by atoms with Crippen LogP contribution in [-0.2, 0) is 9.59 Å². The number of carbonyl (C=O) groups excluding carboxylic acids is 2. The molecule has 0 saturated heterocycles. The molecule has 14 heavy (non-hydrogen) atoms. The SMILES string of the molecule is NC(=O)C(F)(F)F.O=C(Cl)C(F)(F)F. The summed E-state index contributed by atoms with van der Waals surface area (Å²) in [6, 6.07) is 0. The number of primary amides is 1. The highest BCUT2D eigenvalue weighted by molar-refractivity contribution is 6.64. The van der Waals surface area contributed by atoms with Crippen molar-refractivity contribution in [2.24, 2.45) is 5.73 Å². The van der Waals surface area contributed by atoms with Crippen LogP contribution in [0.1, 0.15) is 0 Å². The molecular weight excluding hydrogens is 243 g/mol. The Morgan fingerprint density at radius 2 is 1.07 bits per heavy atom. The molecule has 0 aromatic rings. The summed E-state index contributed by atoms with van der Waals surface area (Å²) in [6.07, 6.45) is -9.73. The van der Waals surface area contributed by atoms with E-state index in [0.717, 1.165) is 0 Å². The summed E-state index contributed by atoms with van der Waals surface area (Å²) in [4.78, 5) is 18.2. The molecule has 0 heterocycles. The maximum atomic E-state index is 10.7. The Labute approximate surface area is 77.8 Å². The lowest BCUT2D eigenvalue weighted by Crippen LogP contribution is -2.30. The van der Waals surface area contributed by atoms with Gasteiger partial charge in [0.05, 0.1) is 0 Å². The molecule has 84 valence electrons. The fourth-order valence-corrected chi connectivity index (χ4v) is 0. The van der Waals surface area contributed by atoms with Gasteiger partial charge in [0.15, 0.2) is 0 Å². The summed E-state index contributed by atoms with van der Waals surface area (Å²) in [7, 11) is 0. The molecule has 0 aliphatic rings. The zero-order valence-corrected chi connectivity index (χ0v) is 6.80. The van der Waals surface area contributed by atoms with Crippen molar-refractivity contribution in [2.45, 2.75) is 12.4 Å². The van der Waals surface area contributed by atoms with Gasteiger partial charge < -0.3 is 5.73 Å². The number of alkyl halides is 6. The lowest BCUT2D eigenvalue weighted by atomic mass is 10.6. The monoisotopic (exact) mass is 245 g/mol. The average Bonchev–Trinajstić information content (AvgIpc) is 1.83. The molecule has 0 aromatic carbocycles. The summed E-state index contributed by atoms with van der Waals surface area (Å²) in [5.41, 5.74) is 3.81. The number of amides is 1. The van der Waals surface area contributed by atoms with Gasteiger partial charge in [-0.25, -0.2) is 0 Å². The molecule has 1 amide bonds. The first-order valence-corrected chi connectivity index (χ1v) is 2.90. The van der Waals surface area contributed by atoms with Crippen molar-refractivity contribution < 1.29 is 35.9 Å². The van der Waals surface area contributed by atoms with Crippen molar-refractivity contribution in [2.75, 3.05) is 0 Å². The van der Waals surface area contributed by atoms with E-state index in [-0.39, 0.29) is 0 Å². The van der Waals surface area contributed by atoms with Gasteiger partial charge in [0, 0.05) is 0 Å². The lowest BCUT2D eigenvalue weighted by molar-refractivity contribution is -0.169. The highest BCUT2D eigenvalue weighted by Gasteiger charge is 2.36. The van der Waals surface area contributed by atoms with Crippen LogP contribution in [0.25, 0.3) is 0 Å². The van der Waals surface area contributed by atoms with Crippen molar-refractivity contribution in [3.05, 3.63) is 0 Å². The van der Waals surface area contributed by atoms with Crippen LogP contribution in [0.5, 0.6) is 0 Å². The van der Waals surface area contributed by atoms with Crippen LogP contribution >= 0.6 is 11.6 Å². The van der Waals surface area contributed by atoms with E-state index in [4.69, 9.17) is 9.59 Å². The van der Waals surface area contributed by atoms with E-state index in [0.29, 0.717) is 0 Å². The Morgan fingerprint density at radius 1 is 0.929 bits per heavy atom. The van der Waals surface area contributed by atoms with Gasteiger partial charge in [-0.1, -0.05) is 0 Å². The van der Waals surface area contributed by atoms with Crippen LogP contribution in [0.2, 0.25) is 0 Å². The van der Waals surface area contributed by atoms with E-state index < -0.39 is 23.5 Å².